The first-order valence-corrected chi connectivity index (χ1v) is 12.2. The summed E-state index contributed by atoms with van der Waals surface area (Å²) in [6, 6.07) is 17.7. The van der Waals surface area contributed by atoms with Gasteiger partial charge in [0.15, 0.2) is 10.9 Å². The monoisotopic (exact) mass is 474 g/mol. The van der Waals surface area contributed by atoms with Crippen LogP contribution >= 0.6 is 11.8 Å². The van der Waals surface area contributed by atoms with Crippen LogP contribution in [0.5, 0.6) is 5.75 Å². The van der Waals surface area contributed by atoms with Gasteiger partial charge in [0.2, 0.25) is 0 Å². The van der Waals surface area contributed by atoms with Gasteiger partial charge in [0.25, 0.3) is 5.91 Å². The number of fused-ring (bicyclic) bond motifs is 1. The van der Waals surface area contributed by atoms with E-state index in [-0.39, 0.29) is 5.91 Å². The molecule has 0 atom stereocenters. The highest BCUT2D eigenvalue weighted by atomic mass is 32.2. The van der Waals surface area contributed by atoms with E-state index in [2.05, 4.69) is 27.0 Å². The number of para-hydroxylation sites is 1. The molecule has 0 unspecified atom stereocenters. The molecule has 0 spiro atoms. The molecule has 5 rings (SSSR count). The Bertz CT molecular complexity index is 1250. The lowest BCUT2D eigenvalue weighted by atomic mass is 10.1. The maximum absolute atomic E-state index is 13.5. The third-order valence-electron chi connectivity index (χ3n) is 6.00. The predicted molar refractivity (Wildman–Crippen MR) is 132 cm³/mol. The molecule has 1 amide bonds. The Morgan fingerprint density at radius 3 is 2.47 bits per heavy atom. The number of methoxy groups -OCH3 is 1. The summed E-state index contributed by atoms with van der Waals surface area (Å²) in [5.74, 6) is 1.80. The molecule has 0 saturated carbocycles. The third kappa shape index (κ3) is 4.93. The van der Waals surface area contributed by atoms with Crippen LogP contribution in [0.1, 0.15) is 21.7 Å². The Balaban J connectivity index is 1.27. The van der Waals surface area contributed by atoms with Crippen LogP contribution < -0.4 is 4.74 Å². The number of carbonyl (C=O) groups excluding carboxylic acids is 1. The smallest absolute Gasteiger partial charge is 0.290 e. The molecule has 2 aromatic carbocycles. The molecular formula is C26H26N4O3S. The highest BCUT2D eigenvalue weighted by Gasteiger charge is 2.28. The first-order chi connectivity index (χ1) is 16.7. The second-order valence-corrected chi connectivity index (χ2v) is 9.08. The van der Waals surface area contributed by atoms with Crippen molar-refractivity contribution in [3.8, 4) is 5.75 Å². The SMILES string of the molecule is COc1ccc(CN2CCN(C(=O)c3oc4ccccc4c3CSc3ncccn3)CC2)cc1. The molecule has 3 heterocycles. The molecule has 0 bridgehead atoms. The average molecular weight is 475 g/mol. The molecule has 0 aliphatic carbocycles. The van der Waals surface area contributed by atoms with E-state index in [0.29, 0.717) is 29.8 Å². The van der Waals surface area contributed by atoms with Crippen LogP contribution in [-0.4, -0.2) is 59.0 Å². The zero-order valence-electron chi connectivity index (χ0n) is 19.0. The molecule has 1 aliphatic rings. The molecular weight excluding hydrogens is 448 g/mol. The second kappa shape index (κ2) is 10.3. The van der Waals surface area contributed by atoms with Gasteiger partial charge in [-0.3, -0.25) is 9.69 Å². The van der Waals surface area contributed by atoms with Crippen molar-refractivity contribution >= 4 is 28.6 Å². The van der Waals surface area contributed by atoms with Gasteiger partial charge in [0.1, 0.15) is 11.3 Å². The van der Waals surface area contributed by atoms with Gasteiger partial charge < -0.3 is 14.1 Å². The summed E-state index contributed by atoms with van der Waals surface area (Å²) in [6.45, 7) is 3.83. The first-order valence-electron chi connectivity index (χ1n) is 11.3. The van der Waals surface area contributed by atoms with E-state index in [9.17, 15) is 4.79 Å². The van der Waals surface area contributed by atoms with Gasteiger partial charge in [-0.1, -0.05) is 42.1 Å². The molecule has 1 aliphatic heterocycles. The highest BCUT2D eigenvalue weighted by molar-refractivity contribution is 7.98. The Morgan fingerprint density at radius 1 is 1.00 bits per heavy atom. The van der Waals surface area contributed by atoms with Crippen molar-refractivity contribution < 1.29 is 13.9 Å². The van der Waals surface area contributed by atoms with Crippen molar-refractivity contribution in [3.63, 3.8) is 0 Å². The van der Waals surface area contributed by atoms with Crippen LogP contribution in [0.15, 0.2) is 76.6 Å². The first kappa shape index (κ1) is 22.4. The quantitative estimate of drug-likeness (QED) is 0.289. The summed E-state index contributed by atoms with van der Waals surface area (Å²) in [5.41, 5.74) is 2.87. The molecule has 4 aromatic rings. The number of aromatic nitrogens is 2. The minimum absolute atomic E-state index is 0.0510. The lowest BCUT2D eigenvalue weighted by Gasteiger charge is -2.34. The molecule has 0 N–H and O–H groups in total. The fourth-order valence-corrected chi connectivity index (χ4v) is 4.98. The van der Waals surface area contributed by atoms with Crippen LogP contribution in [0.4, 0.5) is 0 Å². The Labute approximate surface area is 202 Å². The summed E-state index contributed by atoms with van der Waals surface area (Å²) in [6.07, 6.45) is 3.45. The van der Waals surface area contributed by atoms with E-state index in [1.54, 1.807) is 25.6 Å². The number of piperazine rings is 1. The lowest BCUT2D eigenvalue weighted by Crippen LogP contribution is -2.48. The fraction of sp³-hybridized carbons (Fsp3) is 0.269. The highest BCUT2D eigenvalue weighted by Crippen LogP contribution is 2.32. The van der Waals surface area contributed by atoms with Gasteiger partial charge in [-0.2, -0.15) is 0 Å². The van der Waals surface area contributed by atoms with Crippen LogP contribution in [0.25, 0.3) is 11.0 Å². The van der Waals surface area contributed by atoms with Crippen LogP contribution in [-0.2, 0) is 12.3 Å². The van der Waals surface area contributed by atoms with Gasteiger partial charge in [-0.05, 0) is 29.8 Å². The second-order valence-electron chi connectivity index (χ2n) is 8.14. The molecule has 8 heteroatoms. The van der Waals surface area contributed by atoms with Crippen LogP contribution in [0, 0.1) is 0 Å². The third-order valence-corrected chi connectivity index (χ3v) is 6.91. The van der Waals surface area contributed by atoms with Gasteiger partial charge in [-0.15, -0.1) is 0 Å². The van der Waals surface area contributed by atoms with Crippen molar-refractivity contribution in [2.24, 2.45) is 0 Å². The maximum atomic E-state index is 13.5. The Hall–Kier alpha value is -3.36. The zero-order valence-corrected chi connectivity index (χ0v) is 19.8. The van der Waals surface area contributed by atoms with Gasteiger partial charge in [-0.25, -0.2) is 9.97 Å². The van der Waals surface area contributed by atoms with Crippen molar-refractivity contribution in [1.82, 2.24) is 19.8 Å². The molecule has 34 heavy (non-hydrogen) atoms. The molecule has 2 aromatic heterocycles. The summed E-state index contributed by atoms with van der Waals surface area (Å²) in [4.78, 5) is 26.3. The summed E-state index contributed by atoms with van der Waals surface area (Å²) < 4.78 is 11.3. The number of carbonyl (C=O) groups is 1. The number of hydrogen-bond donors (Lipinski definition) is 0. The standard InChI is InChI=1S/C26H26N4O3S/c1-32-20-9-7-19(8-10-20)17-29-13-15-30(16-14-29)25(31)24-22(18-34-26-27-11-4-12-28-26)21-5-2-3-6-23(21)33-24/h2-12H,13-18H2,1H3. The predicted octanol–water partition coefficient (Wildman–Crippen LogP) is 4.48. The zero-order chi connectivity index (χ0) is 23.3. The van der Waals surface area contributed by atoms with Crippen LogP contribution in [0.2, 0.25) is 0 Å². The Kier molecular flexibility index (Phi) is 6.78. The van der Waals surface area contributed by atoms with Gasteiger partial charge >= 0.3 is 0 Å². The number of benzene rings is 2. The van der Waals surface area contributed by atoms with Gasteiger partial charge in [0, 0.05) is 61.8 Å². The minimum atomic E-state index is -0.0510. The number of thioether (sulfide) groups is 1. The molecule has 1 saturated heterocycles. The van der Waals surface area contributed by atoms with Gasteiger partial charge in [0.05, 0.1) is 7.11 Å². The average Bonchev–Trinajstić information content (AvgIpc) is 3.27. The van der Waals surface area contributed by atoms with Crippen molar-refractivity contribution in [3.05, 3.63) is 83.9 Å². The largest absolute Gasteiger partial charge is 0.497 e. The number of nitrogens with zero attached hydrogens (tertiary/aromatic N) is 4. The van der Waals surface area contributed by atoms with E-state index in [1.165, 1.54) is 17.3 Å². The Morgan fingerprint density at radius 2 is 1.74 bits per heavy atom. The molecule has 0 radical (unpaired) electrons. The summed E-state index contributed by atoms with van der Waals surface area (Å²) in [7, 11) is 1.67. The fourth-order valence-electron chi connectivity index (χ4n) is 4.15. The summed E-state index contributed by atoms with van der Waals surface area (Å²) in [5, 5.41) is 1.64. The van der Waals surface area contributed by atoms with E-state index >= 15 is 0 Å². The summed E-state index contributed by atoms with van der Waals surface area (Å²) >= 11 is 1.51. The minimum Gasteiger partial charge on any atom is -0.497 e. The number of rotatable bonds is 7. The normalized spacial score (nSPS) is 14.4. The number of hydrogen-bond acceptors (Lipinski definition) is 7. The van der Waals surface area contributed by atoms with E-state index in [4.69, 9.17) is 9.15 Å². The van der Waals surface area contributed by atoms with E-state index in [1.807, 2.05) is 41.3 Å². The molecule has 7 nitrogen and oxygen atoms in total. The van der Waals surface area contributed by atoms with Crippen LogP contribution in [0.3, 0.4) is 0 Å². The number of ether oxygens (including phenoxy) is 1. The number of amides is 1. The molecule has 1 fully saturated rings. The van der Waals surface area contributed by atoms with E-state index in [0.717, 1.165) is 41.9 Å². The molecule has 174 valence electrons. The lowest BCUT2D eigenvalue weighted by molar-refractivity contribution is 0.0599. The van der Waals surface area contributed by atoms with Crippen molar-refractivity contribution in [1.29, 1.82) is 0 Å². The number of furan rings is 1. The maximum Gasteiger partial charge on any atom is 0.290 e. The van der Waals surface area contributed by atoms with Crippen molar-refractivity contribution in [2.45, 2.75) is 17.5 Å². The topological polar surface area (TPSA) is 71.7 Å². The van der Waals surface area contributed by atoms with Crippen molar-refractivity contribution in [2.75, 3.05) is 33.3 Å². The van der Waals surface area contributed by atoms with E-state index < -0.39 is 0 Å².